The second-order valence-electron chi connectivity index (χ2n) is 4.56. The second kappa shape index (κ2) is 4.24. The summed E-state index contributed by atoms with van der Waals surface area (Å²) in [6, 6.07) is 10.1. The molecule has 1 aliphatic carbocycles. The molecule has 0 saturated heterocycles. The maximum atomic E-state index is 4.76. The van der Waals surface area contributed by atoms with Crippen molar-refractivity contribution in [2.75, 3.05) is 0 Å². The van der Waals surface area contributed by atoms with Crippen molar-refractivity contribution in [2.45, 2.75) is 12.8 Å². The van der Waals surface area contributed by atoms with E-state index in [1.807, 2.05) is 42.0 Å². The summed E-state index contributed by atoms with van der Waals surface area (Å²) < 4.78 is 0. The number of nitrogens with zero attached hydrogens (tertiary/aromatic N) is 3. The van der Waals surface area contributed by atoms with Crippen LogP contribution in [0.25, 0.3) is 22.0 Å². The Morgan fingerprint density at radius 2 is 1.89 bits per heavy atom. The number of rotatable bonds is 1. The minimum absolute atomic E-state index is 0.792. The number of hydrogen-bond donors (Lipinski definition) is 0. The minimum atomic E-state index is 0.792. The van der Waals surface area contributed by atoms with E-state index < -0.39 is 0 Å². The van der Waals surface area contributed by atoms with E-state index in [1.54, 1.807) is 11.3 Å². The maximum absolute atomic E-state index is 4.76. The fourth-order valence-electron chi connectivity index (χ4n) is 2.41. The molecule has 0 N–H and O–H groups in total. The van der Waals surface area contributed by atoms with Gasteiger partial charge in [-0.25, -0.2) is 15.0 Å². The topological polar surface area (TPSA) is 38.7 Å². The Bertz CT molecular complexity index is 734. The quantitative estimate of drug-likeness (QED) is 0.677. The first kappa shape index (κ1) is 10.8. The Morgan fingerprint density at radius 1 is 1.00 bits per heavy atom. The summed E-state index contributed by atoms with van der Waals surface area (Å²) in [5, 5.41) is 0. The lowest BCUT2D eigenvalue weighted by molar-refractivity contribution is 0.888. The molecule has 19 heavy (non-hydrogen) atoms. The first-order chi connectivity index (χ1) is 9.42. The van der Waals surface area contributed by atoms with Gasteiger partial charge in [0.15, 0.2) is 5.82 Å². The first-order valence-corrected chi connectivity index (χ1v) is 7.14. The molecule has 0 saturated carbocycles. The van der Waals surface area contributed by atoms with Gasteiger partial charge in [0.1, 0.15) is 0 Å². The van der Waals surface area contributed by atoms with Gasteiger partial charge < -0.3 is 0 Å². The highest BCUT2D eigenvalue weighted by atomic mass is 32.1. The van der Waals surface area contributed by atoms with E-state index in [0.29, 0.717) is 0 Å². The molecule has 92 valence electrons. The van der Waals surface area contributed by atoms with Crippen molar-refractivity contribution >= 4 is 11.3 Å². The predicted octanol–water partition coefficient (Wildman–Crippen LogP) is 3.37. The molecule has 1 aliphatic rings. The molecule has 0 aliphatic heterocycles. The molecule has 0 radical (unpaired) electrons. The van der Waals surface area contributed by atoms with Crippen molar-refractivity contribution in [3.05, 3.63) is 53.3 Å². The Hall–Kier alpha value is -2.07. The number of thiazole rings is 1. The third-order valence-corrected chi connectivity index (χ3v) is 4.26. The van der Waals surface area contributed by atoms with E-state index in [4.69, 9.17) is 4.98 Å². The fraction of sp³-hybridized carbons (Fsp3) is 0.133. The second-order valence-corrected chi connectivity index (χ2v) is 5.42. The number of aromatic nitrogens is 3. The molecule has 2 aromatic heterocycles. The number of fused-ring (bicyclic) bond motifs is 3. The Labute approximate surface area is 115 Å². The Morgan fingerprint density at radius 3 is 2.79 bits per heavy atom. The molecular formula is C15H11N3S. The largest absolute Gasteiger partial charge is 0.249 e. The van der Waals surface area contributed by atoms with Crippen LogP contribution in [0.2, 0.25) is 0 Å². The van der Waals surface area contributed by atoms with Gasteiger partial charge in [-0.3, -0.25) is 0 Å². The van der Waals surface area contributed by atoms with E-state index in [0.717, 1.165) is 29.9 Å². The SMILES string of the molecule is c1ccc(-c2ncc3c(n2)-c2scnc2CC3)cc1. The third kappa shape index (κ3) is 1.76. The number of benzene rings is 1. The van der Waals surface area contributed by atoms with Crippen molar-refractivity contribution < 1.29 is 0 Å². The lowest BCUT2D eigenvalue weighted by atomic mass is 9.99. The Kier molecular flexibility index (Phi) is 2.42. The van der Waals surface area contributed by atoms with Gasteiger partial charge in [-0.1, -0.05) is 30.3 Å². The summed E-state index contributed by atoms with van der Waals surface area (Å²) in [7, 11) is 0. The van der Waals surface area contributed by atoms with Crippen LogP contribution >= 0.6 is 11.3 Å². The van der Waals surface area contributed by atoms with Gasteiger partial charge in [0.05, 0.1) is 21.8 Å². The molecule has 4 rings (SSSR count). The highest BCUT2D eigenvalue weighted by Gasteiger charge is 2.20. The molecule has 0 bridgehead atoms. The zero-order valence-electron chi connectivity index (χ0n) is 10.2. The lowest BCUT2D eigenvalue weighted by Gasteiger charge is -2.14. The van der Waals surface area contributed by atoms with Crippen molar-refractivity contribution in [2.24, 2.45) is 0 Å². The van der Waals surface area contributed by atoms with Crippen LogP contribution in [0, 0.1) is 0 Å². The summed E-state index contributed by atoms with van der Waals surface area (Å²) >= 11 is 1.67. The normalized spacial score (nSPS) is 12.8. The van der Waals surface area contributed by atoms with Crippen molar-refractivity contribution in [1.29, 1.82) is 0 Å². The van der Waals surface area contributed by atoms with Crippen LogP contribution in [0.1, 0.15) is 11.3 Å². The molecule has 1 aromatic carbocycles. The van der Waals surface area contributed by atoms with Gasteiger partial charge in [-0.05, 0) is 18.4 Å². The highest BCUT2D eigenvalue weighted by molar-refractivity contribution is 7.13. The van der Waals surface area contributed by atoms with Gasteiger partial charge in [-0.15, -0.1) is 11.3 Å². The first-order valence-electron chi connectivity index (χ1n) is 6.26. The molecule has 0 amide bonds. The standard InChI is InChI=1S/C15H11N3S/c1-2-4-10(5-3-1)15-16-8-11-6-7-12-14(13(11)18-15)19-9-17-12/h1-5,8-9H,6-7H2. The molecule has 0 spiro atoms. The molecular weight excluding hydrogens is 254 g/mol. The Balaban J connectivity index is 1.89. The zero-order chi connectivity index (χ0) is 12.7. The van der Waals surface area contributed by atoms with Crippen LogP contribution in [0.4, 0.5) is 0 Å². The molecule has 0 unspecified atom stereocenters. The summed E-state index contributed by atoms with van der Waals surface area (Å²) in [4.78, 5) is 14.9. The van der Waals surface area contributed by atoms with Crippen LogP contribution in [0.15, 0.2) is 42.0 Å². The average molecular weight is 265 g/mol. The fourth-order valence-corrected chi connectivity index (χ4v) is 3.27. The average Bonchev–Trinajstić information content (AvgIpc) is 2.96. The van der Waals surface area contributed by atoms with Crippen LogP contribution in [-0.2, 0) is 12.8 Å². The van der Waals surface area contributed by atoms with Gasteiger partial charge in [0.2, 0.25) is 0 Å². The lowest BCUT2D eigenvalue weighted by Crippen LogP contribution is -2.06. The van der Waals surface area contributed by atoms with E-state index in [2.05, 4.69) is 9.97 Å². The van der Waals surface area contributed by atoms with E-state index in [1.165, 1.54) is 16.1 Å². The summed E-state index contributed by atoms with van der Waals surface area (Å²) in [5.41, 5.74) is 6.44. The van der Waals surface area contributed by atoms with E-state index in [-0.39, 0.29) is 0 Å². The van der Waals surface area contributed by atoms with Crippen LogP contribution < -0.4 is 0 Å². The molecule has 0 atom stereocenters. The van der Waals surface area contributed by atoms with E-state index in [9.17, 15) is 0 Å². The predicted molar refractivity (Wildman–Crippen MR) is 76.0 cm³/mol. The number of hydrogen-bond acceptors (Lipinski definition) is 4. The van der Waals surface area contributed by atoms with E-state index >= 15 is 0 Å². The molecule has 0 fully saturated rings. The van der Waals surface area contributed by atoms with Crippen LogP contribution in [0.5, 0.6) is 0 Å². The van der Waals surface area contributed by atoms with Gasteiger partial charge >= 0.3 is 0 Å². The summed E-state index contributed by atoms with van der Waals surface area (Å²) in [5.74, 6) is 0.792. The molecule has 3 aromatic rings. The van der Waals surface area contributed by atoms with Gasteiger partial charge in [-0.2, -0.15) is 0 Å². The minimum Gasteiger partial charge on any atom is -0.249 e. The number of aryl methyl sites for hydroxylation is 2. The van der Waals surface area contributed by atoms with Crippen molar-refractivity contribution in [1.82, 2.24) is 15.0 Å². The van der Waals surface area contributed by atoms with Crippen molar-refractivity contribution in [3.63, 3.8) is 0 Å². The van der Waals surface area contributed by atoms with Crippen LogP contribution in [-0.4, -0.2) is 15.0 Å². The summed E-state index contributed by atoms with van der Waals surface area (Å²) in [6.45, 7) is 0. The van der Waals surface area contributed by atoms with Gasteiger partial charge in [0, 0.05) is 11.8 Å². The van der Waals surface area contributed by atoms with Crippen LogP contribution in [0.3, 0.4) is 0 Å². The monoisotopic (exact) mass is 265 g/mol. The summed E-state index contributed by atoms with van der Waals surface area (Å²) in [6.07, 6.45) is 3.95. The molecule has 4 heteroatoms. The smallest absolute Gasteiger partial charge is 0.159 e. The van der Waals surface area contributed by atoms with Gasteiger partial charge in [0.25, 0.3) is 0 Å². The molecule has 3 nitrogen and oxygen atoms in total. The maximum Gasteiger partial charge on any atom is 0.159 e. The highest BCUT2D eigenvalue weighted by Crippen LogP contribution is 2.35. The van der Waals surface area contributed by atoms with Crippen molar-refractivity contribution in [3.8, 4) is 22.0 Å². The zero-order valence-corrected chi connectivity index (χ0v) is 11.0. The third-order valence-electron chi connectivity index (χ3n) is 3.38. The molecule has 2 heterocycles.